The van der Waals surface area contributed by atoms with Gasteiger partial charge in [-0.05, 0) is 44.4 Å². The molecule has 20 heavy (non-hydrogen) atoms. The van der Waals surface area contributed by atoms with Crippen molar-refractivity contribution in [2.75, 3.05) is 20.3 Å². The molecular formula is C16H22N2O2. The predicted molar refractivity (Wildman–Crippen MR) is 77.5 cm³/mol. The lowest BCUT2D eigenvalue weighted by Crippen LogP contribution is -2.29. The SMILES string of the molecule is COc1cc(C#N)ccc1CN1CCCC1CCCO. The lowest BCUT2D eigenvalue weighted by Gasteiger charge is -2.25. The van der Waals surface area contributed by atoms with Crippen molar-refractivity contribution in [3.63, 3.8) is 0 Å². The van der Waals surface area contributed by atoms with Crippen molar-refractivity contribution in [3.8, 4) is 11.8 Å². The van der Waals surface area contributed by atoms with Crippen molar-refractivity contribution in [1.29, 1.82) is 5.26 Å². The highest BCUT2D eigenvalue weighted by Gasteiger charge is 2.24. The molecule has 0 aromatic heterocycles. The number of hydrogen-bond acceptors (Lipinski definition) is 4. The number of nitriles is 1. The van der Waals surface area contributed by atoms with E-state index >= 15 is 0 Å². The van der Waals surface area contributed by atoms with E-state index < -0.39 is 0 Å². The van der Waals surface area contributed by atoms with Gasteiger partial charge in [-0.1, -0.05) is 6.07 Å². The number of benzene rings is 1. The van der Waals surface area contributed by atoms with Crippen LogP contribution in [0.4, 0.5) is 0 Å². The van der Waals surface area contributed by atoms with E-state index in [2.05, 4.69) is 11.0 Å². The summed E-state index contributed by atoms with van der Waals surface area (Å²) in [7, 11) is 1.65. The Hall–Kier alpha value is -1.57. The molecular weight excluding hydrogens is 252 g/mol. The summed E-state index contributed by atoms with van der Waals surface area (Å²) in [4.78, 5) is 2.46. The summed E-state index contributed by atoms with van der Waals surface area (Å²) in [6.07, 6.45) is 4.34. The first-order valence-corrected chi connectivity index (χ1v) is 7.20. The summed E-state index contributed by atoms with van der Waals surface area (Å²) >= 11 is 0. The van der Waals surface area contributed by atoms with Crippen LogP contribution in [0.3, 0.4) is 0 Å². The van der Waals surface area contributed by atoms with Gasteiger partial charge >= 0.3 is 0 Å². The fourth-order valence-electron chi connectivity index (χ4n) is 2.92. The number of hydrogen-bond donors (Lipinski definition) is 1. The number of nitrogens with zero attached hydrogens (tertiary/aromatic N) is 2. The number of aliphatic hydroxyl groups is 1. The molecule has 108 valence electrons. The van der Waals surface area contributed by atoms with Gasteiger partial charge in [0.05, 0.1) is 18.7 Å². The van der Waals surface area contributed by atoms with Gasteiger partial charge in [0, 0.05) is 24.8 Å². The van der Waals surface area contributed by atoms with Crippen molar-refractivity contribution >= 4 is 0 Å². The Labute approximate surface area is 120 Å². The molecule has 1 heterocycles. The van der Waals surface area contributed by atoms with E-state index in [1.54, 1.807) is 13.2 Å². The van der Waals surface area contributed by atoms with E-state index in [0.29, 0.717) is 11.6 Å². The quantitative estimate of drug-likeness (QED) is 0.865. The highest BCUT2D eigenvalue weighted by molar-refractivity contribution is 5.42. The Bertz CT molecular complexity index is 482. The van der Waals surface area contributed by atoms with E-state index in [-0.39, 0.29) is 6.61 Å². The Morgan fingerprint density at radius 1 is 1.50 bits per heavy atom. The maximum atomic E-state index is 8.97. The van der Waals surface area contributed by atoms with Crippen LogP contribution in [0.25, 0.3) is 0 Å². The Morgan fingerprint density at radius 3 is 3.05 bits per heavy atom. The third-order valence-corrected chi connectivity index (χ3v) is 3.98. The molecule has 1 fully saturated rings. The van der Waals surface area contributed by atoms with Gasteiger partial charge in [-0.2, -0.15) is 5.26 Å². The molecule has 1 aliphatic rings. The number of methoxy groups -OCH3 is 1. The Balaban J connectivity index is 2.07. The molecule has 1 atom stereocenters. The van der Waals surface area contributed by atoms with Gasteiger partial charge in [0.25, 0.3) is 0 Å². The largest absolute Gasteiger partial charge is 0.496 e. The monoisotopic (exact) mass is 274 g/mol. The van der Waals surface area contributed by atoms with Crippen LogP contribution < -0.4 is 4.74 Å². The molecule has 2 rings (SSSR count). The summed E-state index contributed by atoms with van der Waals surface area (Å²) in [5.74, 6) is 0.789. The molecule has 0 spiro atoms. The molecule has 1 aromatic carbocycles. The lowest BCUT2D eigenvalue weighted by atomic mass is 10.1. The molecule has 0 bridgehead atoms. The zero-order valence-corrected chi connectivity index (χ0v) is 12.0. The van der Waals surface area contributed by atoms with Crippen molar-refractivity contribution in [2.24, 2.45) is 0 Å². The lowest BCUT2D eigenvalue weighted by molar-refractivity contribution is 0.208. The molecule has 0 amide bonds. The molecule has 1 saturated heterocycles. The van der Waals surface area contributed by atoms with Crippen LogP contribution in [0, 0.1) is 11.3 Å². The van der Waals surface area contributed by atoms with Crippen molar-refractivity contribution < 1.29 is 9.84 Å². The molecule has 0 aliphatic carbocycles. The van der Waals surface area contributed by atoms with Gasteiger partial charge in [-0.3, -0.25) is 4.90 Å². The molecule has 4 nitrogen and oxygen atoms in total. The van der Waals surface area contributed by atoms with Crippen LogP contribution in [0.2, 0.25) is 0 Å². The van der Waals surface area contributed by atoms with Gasteiger partial charge in [0.2, 0.25) is 0 Å². The second-order valence-corrected chi connectivity index (χ2v) is 5.27. The first-order valence-electron chi connectivity index (χ1n) is 7.20. The highest BCUT2D eigenvalue weighted by atomic mass is 16.5. The number of rotatable bonds is 6. The topological polar surface area (TPSA) is 56.5 Å². The van der Waals surface area contributed by atoms with Gasteiger partial charge in [0.15, 0.2) is 0 Å². The third kappa shape index (κ3) is 3.50. The smallest absolute Gasteiger partial charge is 0.124 e. The molecule has 4 heteroatoms. The number of ether oxygens (including phenoxy) is 1. The zero-order chi connectivity index (χ0) is 14.4. The second kappa shape index (κ2) is 7.28. The fourth-order valence-corrected chi connectivity index (χ4v) is 2.92. The molecule has 0 radical (unpaired) electrons. The zero-order valence-electron chi connectivity index (χ0n) is 12.0. The summed E-state index contributed by atoms with van der Waals surface area (Å²) in [5.41, 5.74) is 1.76. The minimum Gasteiger partial charge on any atom is -0.496 e. The van der Waals surface area contributed by atoms with Crippen molar-refractivity contribution in [3.05, 3.63) is 29.3 Å². The Kier molecular flexibility index (Phi) is 5.40. The van der Waals surface area contributed by atoms with Crippen LogP contribution in [0.5, 0.6) is 5.75 Å². The number of aliphatic hydroxyl groups excluding tert-OH is 1. The maximum absolute atomic E-state index is 8.97. The first kappa shape index (κ1) is 14.8. The van der Waals surface area contributed by atoms with Crippen molar-refractivity contribution in [1.82, 2.24) is 4.90 Å². The third-order valence-electron chi connectivity index (χ3n) is 3.98. The number of likely N-dealkylation sites (tertiary alicyclic amines) is 1. The van der Waals surface area contributed by atoms with E-state index in [1.165, 1.54) is 12.8 Å². The molecule has 1 unspecified atom stereocenters. The molecule has 0 saturated carbocycles. The van der Waals surface area contributed by atoms with Gasteiger partial charge < -0.3 is 9.84 Å². The van der Waals surface area contributed by atoms with Gasteiger partial charge in [-0.15, -0.1) is 0 Å². The van der Waals surface area contributed by atoms with E-state index in [9.17, 15) is 0 Å². The minimum atomic E-state index is 0.268. The van der Waals surface area contributed by atoms with Crippen LogP contribution in [0.15, 0.2) is 18.2 Å². The Morgan fingerprint density at radius 2 is 2.35 bits per heavy atom. The summed E-state index contributed by atoms with van der Waals surface area (Å²) in [6.45, 7) is 2.22. The summed E-state index contributed by atoms with van der Waals surface area (Å²) < 4.78 is 5.40. The normalized spacial score (nSPS) is 18.9. The average Bonchev–Trinajstić information content (AvgIpc) is 2.92. The van der Waals surface area contributed by atoms with Crippen LogP contribution in [0.1, 0.15) is 36.8 Å². The van der Waals surface area contributed by atoms with Crippen LogP contribution in [-0.2, 0) is 6.54 Å². The van der Waals surface area contributed by atoms with Crippen LogP contribution >= 0.6 is 0 Å². The molecule has 1 N–H and O–H groups in total. The van der Waals surface area contributed by atoms with Crippen molar-refractivity contribution in [2.45, 2.75) is 38.3 Å². The molecule has 1 aliphatic heterocycles. The van der Waals surface area contributed by atoms with E-state index in [1.807, 2.05) is 12.1 Å². The van der Waals surface area contributed by atoms with Gasteiger partial charge in [0.1, 0.15) is 5.75 Å². The molecule has 1 aromatic rings. The van der Waals surface area contributed by atoms with E-state index in [0.717, 1.165) is 37.2 Å². The summed E-state index contributed by atoms with van der Waals surface area (Å²) in [5, 5.41) is 17.9. The average molecular weight is 274 g/mol. The predicted octanol–water partition coefficient (Wildman–Crippen LogP) is 2.30. The first-order chi connectivity index (χ1) is 9.78. The fraction of sp³-hybridized carbons (Fsp3) is 0.562. The van der Waals surface area contributed by atoms with Crippen LogP contribution in [-0.4, -0.2) is 36.3 Å². The van der Waals surface area contributed by atoms with Gasteiger partial charge in [-0.25, -0.2) is 0 Å². The van der Waals surface area contributed by atoms with E-state index in [4.69, 9.17) is 15.1 Å². The second-order valence-electron chi connectivity index (χ2n) is 5.27. The minimum absolute atomic E-state index is 0.268. The standard InChI is InChI=1S/C16H22N2O2/c1-20-16-10-13(11-17)6-7-14(16)12-18-8-2-4-15(18)5-3-9-19/h6-7,10,15,19H,2-5,8-9,12H2,1H3. The summed E-state index contributed by atoms with van der Waals surface area (Å²) in [6, 6.07) is 8.32. The highest BCUT2D eigenvalue weighted by Crippen LogP contribution is 2.27. The maximum Gasteiger partial charge on any atom is 0.124 e.